The minimum Gasteiger partial charge on any atom is -0.507 e. The molecule has 0 aromatic heterocycles. The van der Waals surface area contributed by atoms with Gasteiger partial charge in [0.25, 0.3) is 0 Å². The minimum atomic E-state index is 0.210. The Morgan fingerprint density at radius 2 is 2.17 bits per heavy atom. The summed E-state index contributed by atoms with van der Waals surface area (Å²) in [6.07, 6.45) is 7.82. The predicted molar refractivity (Wildman–Crippen MR) is 94.9 cm³/mol. The van der Waals surface area contributed by atoms with Gasteiger partial charge in [-0.3, -0.25) is 0 Å². The molecule has 0 fully saturated rings. The zero-order valence-electron chi connectivity index (χ0n) is 14.6. The van der Waals surface area contributed by atoms with Gasteiger partial charge in [0.2, 0.25) is 0 Å². The molecule has 2 aliphatic rings. The number of fused-ring (bicyclic) bond motifs is 3. The molecule has 1 heterocycles. The third kappa shape index (κ3) is 3.17. The van der Waals surface area contributed by atoms with Gasteiger partial charge in [-0.1, -0.05) is 44.9 Å². The molecule has 2 nitrogen and oxygen atoms in total. The minimum absolute atomic E-state index is 0.210. The highest BCUT2D eigenvalue weighted by molar-refractivity contribution is 5.54. The fourth-order valence-corrected chi connectivity index (χ4v) is 4.13. The quantitative estimate of drug-likeness (QED) is 0.721. The van der Waals surface area contributed by atoms with Gasteiger partial charge in [-0.2, -0.15) is 0 Å². The van der Waals surface area contributed by atoms with Gasteiger partial charge in [-0.05, 0) is 49.8 Å². The summed E-state index contributed by atoms with van der Waals surface area (Å²) in [6, 6.07) is 4.05. The van der Waals surface area contributed by atoms with Crippen LogP contribution < -0.4 is 4.74 Å². The maximum Gasteiger partial charge on any atom is 0.134 e. The van der Waals surface area contributed by atoms with Crippen LogP contribution in [0.1, 0.15) is 63.5 Å². The number of allylic oxidation sites excluding steroid dienone is 3. The van der Waals surface area contributed by atoms with Gasteiger partial charge in [0, 0.05) is 17.4 Å². The van der Waals surface area contributed by atoms with E-state index in [1.54, 1.807) is 0 Å². The molecule has 3 rings (SSSR count). The fourth-order valence-electron chi connectivity index (χ4n) is 4.13. The summed E-state index contributed by atoms with van der Waals surface area (Å²) < 4.78 is 6.02. The highest BCUT2D eigenvalue weighted by atomic mass is 16.5. The maximum absolute atomic E-state index is 10.7. The number of aromatic hydroxyl groups is 1. The van der Waals surface area contributed by atoms with Crippen molar-refractivity contribution in [2.45, 2.75) is 58.8 Å². The van der Waals surface area contributed by atoms with Crippen LogP contribution >= 0.6 is 0 Å². The number of ether oxygens (including phenoxy) is 1. The Labute approximate surface area is 139 Å². The average Bonchev–Trinajstić information content (AvgIpc) is 2.46. The number of phenolic OH excluding ortho intramolecular Hbond substituents is 1. The van der Waals surface area contributed by atoms with Gasteiger partial charge in [-0.25, -0.2) is 0 Å². The van der Waals surface area contributed by atoms with Gasteiger partial charge in [0.15, 0.2) is 0 Å². The summed E-state index contributed by atoms with van der Waals surface area (Å²) in [7, 11) is 0. The first-order chi connectivity index (χ1) is 11.0. The number of hydrogen-bond donors (Lipinski definition) is 1. The van der Waals surface area contributed by atoms with Crippen LogP contribution in [0.2, 0.25) is 0 Å². The smallest absolute Gasteiger partial charge is 0.134 e. The van der Waals surface area contributed by atoms with E-state index in [2.05, 4.69) is 39.5 Å². The molecule has 0 amide bonds. The first-order valence-electron chi connectivity index (χ1n) is 8.89. The number of phenols is 1. The second kappa shape index (κ2) is 6.43. The lowest BCUT2D eigenvalue weighted by Gasteiger charge is -2.37. The van der Waals surface area contributed by atoms with E-state index in [4.69, 9.17) is 4.74 Å². The van der Waals surface area contributed by atoms with Gasteiger partial charge < -0.3 is 9.84 Å². The Hall–Kier alpha value is -1.70. The molecule has 0 bridgehead atoms. The highest BCUT2D eigenvalue weighted by Crippen LogP contribution is 2.51. The van der Waals surface area contributed by atoms with E-state index in [0.29, 0.717) is 17.6 Å². The van der Waals surface area contributed by atoms with Gasteiger partial charge in [-0.15, -0.1) is 0 Å². The van der Waals surface area contributed by atoms with Crippen LogP contribution in [0.25, 0.3) is 0 Å². The van der Waals surface area contributed by atoms with E-state index in [1.165, 1.54) is 18.4 Å². The monoisotopic (exact) mass is 312 g/mol. The summed E-state index contributed by atoms with van der Waals surface area (Å²) in [5, 5.41) is 10.7. The zero-order valence-corrected chi connectivity index (χ0v) is 14.6. The molecular formula is C21H28O2. The molecule has 1 aliphatic carbocycles. The summed E-state index contributed by atoms with van der Waals surface area (Å²) in [5.74, 6) is 3.16. The first kappa shape index (κ1) is 16.2. The molecule has 3 atom stereocenters. The van der Waals surface area contributed by atoms with Crippen molar-refractivity contribution in [1.29, 1.82) is 0 Å². The van der Waals surface area contributed by atoms with Crippen molar-refractivity contribution in [1.82, 2.24) is 0 Å². The van der Waals surface area contributed by atoms with Gasteiger partial charge in [0.05, 0.1) is 0 Å². The Bertz CT molecular complexity index is 641. The largest absolute Gasteiger partial charge is 0.507 e. The maximum atomic E-state index is 10.7. The van der Waals surface area contributed by atoms with Crippen molar-refractivity contribution in [3.05, 3.63) is 47.2 Å². The molecule has 0 saturated carbocycles. The van der Waals surface area contributed by atoms with Crippen molar-refractivity contribution < 1.29 is 9.84 Å². The van der Waals surface area contributed by atoms with Crippen molar-refractivity contribution in [2.75, 3.05) is 0 Å². The molecule has 23 heavy (non-hydrogen) atoms. The topological polar surface area (TPSA) is 29.5 Å². The van der Waals surface area contributed by atoms with Crippen LogP contribution in [0.3, 0.4) is 0 Å². The second-order valence-electron chi connectivity index (χ2n) is 7.38. The lowest BCUT2D eigenvalue weighted by atomic mass is 9.74. The molecular weight excluding hydrogens is 284 g/mol. The van der Waals surface area contributed by atoms with Crippen LogP contribution in [-0.4, -0.2) is 5.11 Å². The SMILES string of the molecule is C=C1Oc2cc(CC(C)CCC)cc(O)c2[C@@H]2C=C(C)CC[C@@H]12. The first-order valence-corrected chi connectivity index (χ1v) is 8.89. The van der Waals surface area contributed by atoms with Gasteiger partial charge in [0.1, 0.15) is 17.3 Å². The van der Waals surface area contributed by atoms with E-state index < -0.39 is 0 Å². The number of rotatable bonds is 4. The summed E-state index contributed by atoms with van der Waals surface area (Å²) in [5.41, 5.74) is 3.50. The van der Waals surface area contributed by atoms with E-state index in [0.717, 1.165) is 41.9 Å². The molecule has 1 unspecified atom stereocenters. The van der Waals surface area contributed by atoms with Crippen LogP contribution in [0.5, 0.6) is 11.5 Å². The Morgan fingerprint density at radius 3 is 2.91 bits per heavy atom. The summed E-state index contributed by atoms with van der Waals surface area (Å²) in [4.78, 5) is 0. The Morgan fingerprint density at radius 1 is 1.39 bits per heavy atom. The molecule has 2 heteroatoms. The molecule has 1 aliphatic heterocycles. The predicted octanol–water partition coefficient (Wildman–Crippen LogP) is 5.72. The lowest BCUT2D eigenvalue weighted by Crippen LogP contribution is -2.25. The number of benzene rings is 1. The highest BCUT2D eigenvalue weighted by Gasteiger charge is 2.36. The van der Waals surface area contributed by atoms with Crippen LogP contribution in [0.4, 0.5) is 0 Å². The van der Waals surface area contributed by atoms with Gasteiger partial charge >= 0.3 is 0 Å². The fraction of sp³-hybridized carbons (Fsp3) is 0.524. The van der Waals surface area contributed by atoms with E-state index in [1.807, 2.05) is 6.07 Å². The van der Waals surface area contributed by atoms with Crippen molar-refractivity contribution >= 4 is 0 Å². The lowest BCUT2D eigenvalue weighted by molar-refractivity contribution is 0.274. The van der Waals surface area contributed by atoms with Crippen molar-refractivity contribution in [2.24, 2.45) is 11.8 Å². The number of hydrogen-bond acceptors (Lipinski definition) is 2. The van der Waals surface area contributed by atoms with Crippen LogP contribution in [-0.2, 0) is 6.42 Å². The summed E-state index contributed by atoms with van der Waals surface area (Å²) >= 11 is 0. The van der Waals surface area contributed by atoms with E-state index in [9.17, 15) is 5.11 Å². The molecule has 1 N–H and O–H groups in total. The Balaban J connectivity index is 1.96. The van der Waals surface area contributed by atoms with Crippen LogP contribution in [0.15, 0.2) is 36.1 Å². The van der Waals surface area contributed by atoms with E-state index in [-0.39, 0.29) is 5.92 Å². The normalized spacial score (nSPS) is 24.3. The van der Waals surface area contributed by atoms with E-state index >= 15 is 0 Å². The third-order valence-corrected chi connectivity index (χ3v) is 5.28. The Kier molecular flexibility index (Phi) is 4.52. The summed E-state index contributed by atoms with van der Waals surface area (Å²) in [6.45, 7) is 10.8. The second-order valence-corrected chi connectivity index (χ2v) is 7.38. The average molecular weight is 312 g/mol. The molecule has 1 aromatic rings. The van der Waals surface area contributed by atoms with Crippen molar-refractivity contribution in [3.63, 3.8) is 0 Å². The van der Waals surface area contributed by atoms with Crippen molar-refractivity contribution in [3.8, 4) is 11.5 Å². The zero-order chi connectivity index (χ0) is 16.6. The van der Waals surface area contributed by atoms with Crippen LogP contribution in [0, 0.1) is 11.8 Å². The molecule has 0 spiro atoms. The standard InChI is InChI=1S/C21H28O2/c1-5-6-13(2)9-16-11-19(22)21-18-10-14(3)7-8-17(18)15(4)23-20(21)12-16/h10-13,17-18,22H,4-9H2,1-3H3/t13?,17-,18+/m0/s1. The molecule has 124 valence electrons. The molecule has 0 saturated heterocycles. The molecule has 1 aromatic carbocycles. The third-order valence-electron chi connectivity index (χ3n) is 5.28. The molecule has 0 radical (unpaired) electrons.